The molecule has 5 heteroatoms. The highest BCUT2D eigenvalue weighted by molar-refractivity contribution is 5.86. The van der Waals surface area contributed by atoms with E-state index in [2.05, 4.69) is 17.2 Å². The van der Waals surface area contributed by atoms with Crippen LogP contribution in [0.25, 0.3) is 0 Å². The minimum absolute atomic E-state index is 0.0548. The van der Waals surface area contributed by atoms with Gasteiger partial charge in [0, 0.05) is 31.6 Å². The molecule has 18 heavy (non-hydrogen) atoms. The summed E-state index contributed by atoms with van der Waals surface area (Å²) in [6, 6.07) is 3.28. The molecule has 1 aromatic heterocycles. The van der Waals surface area contributed by atoms with E-state index < -0.39 is 5.97 Å². The van der Waals surface area contributed by atoms with E-state index in [9.17, 15) is 4.79 Å². The molecule has 1 rings (SSSR count). The van der Waals surface area contributed by atoms with Gasteiger partial charge >= 0.3 is 5.97 Å². The van der Waals surface area contributed by atoms with E-state index in [0.29, 0.717) is 0 Å². The molecule has 0 unspecified atom stereocenters. The van der Waals surface area contributed by atoms with Crippen molar-refractivity contribution in [2.75, 3.05) is 25.1 Å². The van der Waals surface area contributed by atoms with E-state index in [-0.39, 0.29) is 5.69 Å². The number of aromatic nitrogens is 1. The predicted octanol–water partition coefficient (Wildman–Crippen LogP) is 2.40. The molecule has 0 aliphatic heterocycles. The minimum atomic E-state index is -1.01. The second-order valence-electron chi connectivity index (χ2n) is 3.98. The van der Waals surface area contributed by atoms with Gasteiger partial charge in [-0.15, -0.1) is 0 Å². The summed E-state index contributed by atoms with van der Waals surface area (Å²) in [5, 5.41) is 11.9. The largest absolute Gasteiger partial charge is 0.477 e. The summed E-state index contributed by atoms with van der Waals surface area (Å²) >= 11 is 0. The molecule has 0 aromatic carbocycles. The number of unbranched alkanes of at least 4 members (excludes halogenated alkanes) is 1. The molecule has 0 fully saturated rings. The second-order valence-corrected chi connectivity index (χ2v) is 3.98. The highest BCUT2D eigenvalue weighted by Crippen LogP contribution is 2.07. The summed E-state index contributed by atoms with van der Waals surface area (Å²) in [4.78, 5) is 14.5. The number of carbonyl (C=O) groups is 1. The molecular formula is C13H20N2O3. The Hall–Kier alpha value is -1.62. The lowest BCUT2D eigenvalue weighted by Gasteiger charge is -2.07. The first kappa shape index (κ1) is 14.4. The van der Waals surface area contributed by atoms with E-state index >= 15 is 0 Å². The smallest absolute Gasteiger partial charge is 0.354 e. The van der Waals surface area contributed by atoms with Gasteiger partial charge in [-0.3, -0.25) is 0 Å². The Labute approximate surface area is 107 Å². The van der Waals surface area contributed by atoms with Gasteiger partial charge in [-0.1, -0.05) is 13.3 Å². The van der Waals surface area contributed by atoms with Crippen molar-refractivity contribution in [3.63, 3.8) is 0 Å². The van der Waals surface area contributed by atoms with Gasteiger partial charge in [0.2, 0.25) is 0 Å². The third-order valence-corrected chi connectivity index (χ3v) is 2.42. The number of ether oxygens (including phenoxy) is 1. The molecule has 0 aliphatic carbocycles. The number of nitrogens with one attached hydrogen (secondary N) is 1. The average Bonchev–Trinajstić information content (AvgIpc) is 2.38. The van der Waals surface area contributed by atoms with Gasteiger partial charge in [0.15, 0.2) is 0 Å². The summed E-state index contributed by atoms with van der Waals surface area (Å²) in [6.07, 6.45) is 4.63. The Morgan fingerprint density at radius 3 is 2.94 bits per heavy atom. The summed E-state index contributed by atoms with van der Waals surface area (Å²) in [5.74, 6) is -1.01. The standard InChI is InChI=1S/C13H20N2O3/c1-2-3-8-18-9-4-6-14-11-5-7-15-12(10-11)13(16)17/h5,7,10H,2-4,6,8-9H2,1H3,(H,14,15)(H,16,17). The number of aromatic carboxylic acids is 1. The molecule has 0 spiro atoms. The maximum absolute atomic E-state index is 10.7. The molecular weight excluding hydrogens is 232 g/mol. The van der Waals surface area contributed by atoms with Gasteiger partial charge < -0.3 is 15.2 Å². The van der Waals surface area contributed by atoms with Crippen LogP contribution in [0.3, 0.4) is 0 Å². The molecule has 0 atom stereocenters. The number of carboxylic acid groups (broad SMARTS) is 1. The van der Waals surface area contributed by atoms with Crippen molar-refractivity contribution in [2.24, 2.45) is 0 Å². The molecule has 0 aliphatic rings. The lowest BCUT2D eigenvalue weighted by molar-refractivity contribution is 0.0690. The first-order valence-corrected chi connectivity index (χ1v) is 6.25. The normalized spacial score (nSPS) is 10.3. The topological polar surface area (TPSA) is 71.5 Å². The van der Waals surface area contributed by atoms with Crippen molar-refractivity contribution < 1.29 is 14.6 Å². The lowest BCUT2D eigenvalue weighted by atomic mass is 10.3. The molecule has 0 saturated carbocycles. The van der Waals surface area contributed by atoms with Crippen LogP contribution in [0.4, 0.5) is 5.69 Å². The van der Waals surface area contributed by atoms with Crippen molar-refractivity contribution >= 4 is 11.7 Å². The monoisotopic (exact) mass is 252 g/mol. The molecule has 5 nitrogen and oxygen atoms in total. The van der Waals surface area contributed by atoms with E-state index in [0.717, 1.165) is 44.7 Å². The Kier molecular flexibility index (Phi) is 6.79. The maximum atomic E-state index is 10.7. The van der Waals surface area contributed by atoms with E-state index in [1.165, 1.54) is 12.3 Å². The van der Waals surface area contributed by atoms with Crippen LogP contribution in [0.1, 0.15) is 36.7 Å². The van der Waals surface area contributed by atoms with Crippen LogP contribution in [-0.2, 0) is 4.74 Å². The van der Waals surface area contributed by atoms with Crippen molar-refractivity contribution in [1.82, 2.24) is 4.98 Å². The zero-order valence-corrected chi connectivity index (χ0v) is 10.7. The Bertz CT molecular complexity index is 369. The zero-order valence-electron chi connectivity index (χ0n) is 10.7. The number of anilines is 1. The number of hydrogen-bond acceptors (Lipinski definition) is 4. The number of nitrogens with zero attached hydrogens (tertiary/aromatic N) is 1. The third-order valence-electron chi connectivity index (χ3n) is 2.42. The molecule has 1 aromatic rings. The highest BCUT2D eigenvalue weighted by Gasteiger charge is 2.04. The van der Waals surface area contributed by atoms with Crippen LogP contribution in [0, 0.1) is 0 Å². The minimum Gasteiger partial charge on any atom is -0.477 e. The quantitative estimate of drug-likeness (QED) is 0.660. The molecule has 100 valence electrons. The van der Waals surface area contributed by atoms with Crippen LogP contribution in [0.2, 0.25) is 0 Å². The van der Waals surface area contributed by atoms with Crippen LogP contribution in [0.15, 0.2) is 18.3 Å². The van der Waals surface area contributed by atoms with Crippen LogP contribution in [-0.4, -0.2) is 35.8 Å². The van der Waals surface area contributed by atoms with Crippen LogP contribution >= 0.6 is 0 Å². The number of rotatable bonds is 9. The predicted molar refractivity (Wildman–Crippen MR) is 70.0 cm³/mol. The maximum Gasteiger partial charge on any atom is 0.354 e. The molecule has 2 N–H and O–H groups in total. The lowest BCUT2D eigenvalue weighted by Crippen LogP contribution is -2.07. The second kappa shape index (κ2) is 8.47. The number of carboxylic acids is 1. The fourth-order valence-corrected chi connectivity index (χ4v) is 1.41. The Balaban J connectivity index is 2.19. The van der Waals surface area contributed by atoms with Gasteiger partial charge in [0.1, 0.15) is 5.69 Å². The Morgan fingerprint density at radius 1 is 1.44 bits per heavy atom. The fraction of sp³-hybridized carbons (Fsp3) is 0.538. The van der Waals surface area contributed by atoms with Gasteiger partial charge in [0.05, 0.1) is 0 Å². The summed E-state index contributed by atoms with van der Waals surface area (Å²) in [7, 11) is 0. The van der Waals surface area contributed by atoms with Gasteiger partial charge in [-0.25, -0.2) is 9.78 Å². The van der Waals surface area contributed by atoms with Gasteiger partial charge in [0.25, 0.3) is 0 Å². The third kappa shape index (κ3) is 5.63. The molecule has 0 radical (unpaired) electrons. The van der Waals surface area contributed by atoms with Crippen molar-refractivity contribution in [2.45, 2.75) is 26.2 Å². The summed E-state index contributed by atoms with van der Waals surface area (Å²) in [6.45, 7) is 4.43. The highest BCUT2D eigenvalue weighted by atomic mass is 16.5. The van der Waals surface area contributed by atoms with Crippen molar-refractivity contribution in [3.05, 3.63) is 24.0 Å². The average molecular weight is 252 g/mol. The van der Waals surface area contributed by atoms with E-state index in [4.69, 9.17) is 9.84 Å². The first-order valence-electron chi connectivity index (χ1n) is 6.25. The number of hydrogen-bond donors (Lipinski definition) is 2. The van der Waals surface area contributed by atoms with E-state index in [1.54, 1.807) is 6.07 Å². The van der Waals surface area contributed by atoms with Crippen molar-refractivity contribution in [3.8, 4) is 0 Å². The van der Waals surface area contributed by atoms with Crippen LogP contribution < -0.4 is 5.32 Å². The van der Waals surface area contributed by atoms with Crippen molar-refractivity contribution in [1.29, 1.82) is 0 Å². The fourth-order valence-electron chi connectivity index (χ4n) is 1.41. The molecule has 0 bridgehead atoms. The summed E-state index contributed by atoms with van der Waals surface area (Å²) in [5.41, 5.74) is 0.829. The molecule has 0 saturated heterocycles. The number of pyridine rings is 1. The first-order chi connectivity index (χ1) is 8.74. The molecule has 0 amide bonds. The van der Waals surface area contributed by atoms with Gasteiger partial charge in [-0.05, 0) is 25.0 Å². The summed E-state index contributed by atoms with van der Waals surface area (Å²) < 4.78 is 5.43. The zero-order chi connectivity index (χ0) is 13.2. The van der Waals surface area contributed by atoms with E-state index in [1.807, 2.05) is 0 Å². The van der Waals surface area contributed by atoms with Crippen LogP contribution in [0.5, 0.6) is 0 Å². The van der Waals surface area contributed by atoms with Gasteiger partial charge in [-0.2, -0.15) is 0 Å². The Morgan fingerprint density at radius 2 is 2.22 bits per heavy atom. The SMILES string of the molecule is CCCCOCCCNc1ccnc(C(=O)O)c1. The molecule has 1 heterocycles.